The normalized spacial score (nSPS) is 26.1. The van der Waals surface area contributed by atoms with Crippen LogP contribution in [0.25, 0.3) is 0 Å². The summed E-state index contributed by atoms with van der Waals surface area (Å²) in [6.45, 7) is 7.72. The van der Waals surface area contributed by atoms with Crippen molar-refractivity contribution in [3.05, 3.63) is 35.9 Å². The Hall–Kier alpha value is -1.84. The van der Waals surface area contributed by atoms with Crippen molar-refractivity contribution in [3.63, 3.8) is 0 Å². The molecule has 0 radical (unpaired) electrons. The lowest BCUT2D eigenvalue weighted by molar-refractivity contribution is -0.160. The number of carbonyl (C=O) groups excluding carboxylic acids is 2. The van der Waals surface area contributed by atoms with Crippen LogP contribution >= 0.6 is 0 Å². The monoisotopic (exact) mass is 288 g/mol. The second-order valence-electron chi connectivity index (χ2n) is 5.81. The van der Waals surface area contributed by atoms with E-state index >= 15 is 0 Å². The van der Waals surface area contributed by atoms with Crippen LogP contribution < -0.4 is 5.32 Å². The summed E-state index contributed by atoms with van der Waals surface area (Å²) < 4.78 is 0. The molecule has 1 aliphatic heterocycles. The largest absolute Gasteiger partial charge is 0.342 e. The summed E-state index contributed by atoms with van der Waals surface area (Å²) in [4.78, 5) is 27.2. The number of amides is 2. The molecule has 114 valence electrons. The minimum atomic E-state index is -0.943. The van der Waals surface area contributed by atoms with E-state index in [1.807, 2.05) is 37.3 Å². The molecule has 1 aromatic rings. The van der Waals surface area contributed by atoms with Crippen molar-refractivity contribution in [3.8, 4) is 0 Å². The highest BCUT2D eigenvalue weighted by atomic mass is 16.2. The molecule has 0 aliphatic carbocycles. The number of piperazine rings is 1. The van der Waals surface area contributed by atoms with E-state index < -0.39 is 11.6 Å². The Balaban J connectivity index is 2.57. The smallest absolute Gasteiger partial charge is 0.251 e. The van der Waals surface area contributed by atoms with Crippen molar-refractivity contribution in [2.75, 3.05) is 0 Å². The maximum atomic E-state index is 12.7. The van der Waals surface area contributed by atoms with Crippen LogP contribution in [0.2, 0.25) is 0 Å². The van der Waals surface area contributed by atoms with Gasteiger partial charge in [-0.2, -0.15) is 0 Å². The number of rotatable bonds is 4. The lowest BCUT2D eigenvalue weighted by atomic mass is 9.83. The van der Waals surface area contributed by atoms with Crippen LogP contribution in [-0.4, -0.2) is 28.8 Å². The van der Waals surface area contributed by atoms with Crippen molar-refractivity contribution in [1.29, 1.82) is 0 Å². The maximum Gasteiger partial charge on any atom is 0.251 e. The van der Waals surface area contributed by atoms with Gasteiger partial charge in [0.05, 0.1) is 0 Å². The summed E-state index contributed by atoms with van der Waals surface area (Å²) in [5, 5.41) is 2.82. The van der Waals surface area contributed by atoms with Crippen molar-refractivity contribution < 1.29 is 9.59 Å². The molecule has 2 amide bonds. The molecule has 2 unspecified atom stereocenters. The van der Waals surface area contributed by atoms with E-state index in [1.165, 1.54) is 0 Å². The Bertz CT molecular complexity index is 525. The SMILES string of the molecule is CCC(CC)N1C(=O)C(C)NC(=O)C1(C)c1ccccc1. The van der Waals surface area contributed by atoms with Gasteiger partial charge < -0.3 is 10.2 Å². The lowest BCUT2D eigenvalue weighted by Crippen LogP contribution is -2.69. The van der Waals surface area contributed by atoms with Gasteiger partial charge in [-0.05, 0) is 32.3 Å². The molecular formula is C17H24N2O2. The van der Waals surface area contributed by atoms with Crippen LogP contribution in [0.3, 0.4) is 0 Å². The minimum Gasteiger partial charge on any atom is -0.342 e. The highest BCUT2D eigenvalue weighted by Crippen LogP contribution is 2.35. The van der Waals surface area contributed by atoms with Gasteiger partial charge in [0.2, 0.25) is 5.91 Å². The molecule has 1 fully saturated rings. The molecule has 0 bridgehead atoms. The fraction of sp³-hybridized carbons (Fsp3) is 0.529. The second-order valence-corrected chi connectivity index (χ2v) is 5.81. The van der Waals surface area contributed by atoms with Crippen LogP contribution in [-0.2, 0) is 15.1 Å². The van der Waals surface area contributed by atoms with Crippen molar-refractivity contribution in [2.45, 2.75) is 58.2 Å². The number of hydrogen-bond acceptors (Lipinski definition) is 2. The molecule has 2 atom stereocenters. The predicted molar refractivity (Wildman–Crippen MR) is 82.6 cm³/mol. The molecule has 4 heteroatoms. The minimum absolute atomic E-state index is 0.00495. The summed E-state index contributed by atoms with van der Waals surface area (Å²) >= 11 is 0. The van der Waals surface area contributed by atoms with Crippen molar-refractivity contribution >= 4 is 11.8 Å². The third kappa shape index (κ3) is 2.43. The first kappa shape index (κ1) is 15.5. The quantitative estimate of drug-likeness (QED) is 0.925. The molecule has 0 aromatic heterocycles. The molecule has 1 aromatic carbocycles. The third-order valence-electron chi connectivity index (χ3n) is 4.52. The van der Waals surface area contributed by atoms with Crippen LogP contribution in [0.4, 0.5) is 0 Å². The summed E-state index contributed by atoms with van der Waals surface area (Å²) in [6.07, 6.45) is 1.68. The van der Waals surface area contributed by atoms with Crippen molar-refractivity contribution in [2.24, 2.45) is 0 Å². The van der Waals surface area contributed by atoms with Gasteiger partial charge in [0.15, 0.2) is 0 Å². The van der Waals surface area contributed by atoms with E-state index in [-0.39, 0.29) is 17.9 Å². The van der Waals surface area contributed by atoms with Gasteiger partial charge in [0.25, 0.3) is 5.91 Å². The first-order valence-electron chi connectivity index (χ1n) is 7.66. The first-order chi connectivity index (χ1) is 9.96. The van der Waals surface area contributed by atoms with Crippen molar-refractivity contribution in [1.82, 2.24) is 10.2 Å². The molecule has 4 nitrogen and oxygen atoms in total. The zero-order chi connectivity index (χ0) is 15.6. The first-order valence-corrected chi connectivity index (χ1v) is 7.66. The maximum absolute atomic E-state index is 12.7. The topological polar surface area (TPSA) is 49.4 Å². The molecule has 1 aliphatic rings. The van der Waals surface area contributed by atoms with Gasteiger partial charge in [-0.1, -0.05) is 44.2 Å². The van der Waals surface area contributed by atoms with Gasteiger partial charge in [-0.3, -0.25) is 9.59 Å². The summed E-state index contributed by atoms with van der Waals surface area (Å²) in [7, 11) is 0. The molecule has 1 N–H and O–H groups in total. The van der Waals surface area contributed by atoms with E-state index in [9.17, 15) is 9.59 Å². The van der Waals surface area contributed by atoms with E-state index in [1.54, 1.807) is 11.8 Å². The molecule has 2 rings (SSSR count). The Kier molecular flexibility index (Phi) is 4.35. The van der Waals surface area contributed by atoms with Crippen LogP contribution in [0.5, 0.6) is 0 Å². The Morgan fingerprint density at radius 1 is 1.19 bits per heavy atom. The molecule has 0 spiro atoms. The van der Waals surface area contributed by atoms with Crippen LogP contribution in [0, 0.1) is 0 Å². The fourth-order valence-corrected chi connectivity index (χ4v) is 3.17. The van der Waals surface area contributed by atoms with E-state index in [0.717, 1.165) is 18.4 Å². The standard InChI is InChI=1S/C17H24N2O2/c1-5-14(6-2)19-15(20)12(3)18-16(21)17(19,4)13-10-8-7-9-11-13/h7-12,14H,5-6H2,1-4H3,(H,18,21). The number of nitrogens with zero attached hydrogens (tertiary/aromatic N) is 1. The Labute approximate surface area is 126 Å². The lowest BCUT2D eigenvalue weighted by Gasteiger charge is -2.49. The summed E-state index contributed by atoms with van der Waals surface area (Å²) in [5.41, 5.74) is -0.0868. The zero-order valence-corrected chi connectivity index (χ0v) is 13.2. The number of carbonyl (C=O) groups is 2. The zero-order valence-electron chi connectivity index (χ0n) is 13.2. The summed E-state index contributed by atoms with van der Waals surface area (Å²) in [6, 6.07) is 9.16. The Morgan fingerprint density at radius 2 is 1.76 bits per heavy atom. The molecule has 0 saturated carbocycles. The number of hydrogen-bond donors (Lipinski definition) is 1. The van der Waals surface area contributed by atoms with Gasteiger partial charge in [0, 0.05) is 6.04 Å². The predicted octanol–water partition coefficient (Wildman–Crippen LogP) is 2.44. The Morgan fingerprint density at radius 3 is 2.29 bits per heavy atom. The van der Waals surface area contributed by atoms with E-state index in [0.29, 0.717) is 0 Å². The van der Waals surface area contributed by atoms with Gasteiger partial charge in [-0.25, -0.2) is 0 Å². The average molecular weight is 288 g/mol. The highest BCUT2D eigenvalue weighted by Gasteiger charge is 2.51. The second kappa shape index (κ2) is 5.88. The van der Waals surface area contributed by atoms with Crippen LogP contribution in [0.1, 0.15) is 46.1 Å². The molecular weight excluding hydrogens is 264 g/mol. The molecule has 1 saturated heterocycles. The average Bonchev–Trinajstić information content (AvgIpc) is 2.50. The summed E-state index contributed by atoms with van der Waals surface area (Å²) in [5.74, 6) is -0.109. The van der Waals surface area contributed by atoms with Crippen LogP contribution in [0.15, 0.2) is 30.3 Å². The third-order valence-corrected chi connectivity index (χ3v) is 4.52. The highest BCUT2D eigenvalue weighted by molar-refractivity contribution is 6.00. The van der Waals surface area contributed by atoms with Gasteiger partial charge in [-0.15, -0.1) is 0 Å². The number of benzene rings is 1. The molecule has 1 heterocycles. The van der Waals surface area contributed by atoms with Gasteiger partial charge >= 0.3 is 0 Å². The fourth-order valence-electron chi connectivity index (χ4n) is 3.17. The van der Waals surface area contributed by atoms with Gasteiger partial charge in [0.1, 0.15) is 11.6 Å². The molecule has 21 heavy (non-hydrogen) atoms. The van der Waals surface area contributed by atoms with E-state index in [2.05, 4.69) is 19.2 Å². The number of nitrogens with one attached hydrogen (secondary N) is 1. The van der Waals surface area contributed by atoms with E-state index in [4.69, 9.17) is 0 Å².